The molecule has 2 aromatic rings. The Morgan fingerprint density at radius 2 is 2.12 bits per heavy atom. The summed E-state index contributed by atoms with van der Waals surface area (Å²) in [7, 11) is 0. The molecule has 8 heteroatoms. The van der Waals surface area contributed by atoms with Crippen molar-refractivity contribution in [3.8, 4) is 5.75 Å². The molecule has 0 radical (unpaired) electrons. The third kappa shape index (κ3) is 5.04. The Labute approximate surface area is 150 Å². The molecule has 0 amide bonds. The number of pyridine rings is 1. The highest BCUT2D eigenvalue weighted by molar-refractivity contribution is 6.30. The third-order valence-electron chi connectivity index (χ3n) is 4.07. The molecule has 0 spiro atoms. The molecule has 7 nitrogen and oxygen atoms in total. The van der Waals surface area contributed by atoms with Gasteiger partial charge in [0.15, 0.2) is 0 Å². The number of aromatic nitrogens is 1. The third-order valence-corrected chi connectivity index (χ3v) is 4.32. The fraction of sp³-hybridized carbons (Fsp3) is 0.353. The number of likely N-dealkylation sites (tertiary alicyclic amines) is 1. The Balaban J connectivity index is 1.40. The zero-order chi connectivity index (χ0) is 17.6. The van der Waals surface area contributed by atoms with Gasteiger partial charge in [-0.3, -0.25) is 15.0 Å². The molecule has 0 bridgehead atoms. The first-order chi connectivity index (χ1) is 12.1. The molecule has 132 valence electrons. The summed E-state index contributed by atoms with van der Waals surface area (Å²) in [6, 6.07) is 10.7. The van der Waals surface area contributed by atoms with Crippen molar-refractivity contribution < 1.29 is 9.66 Å². The van der Waals surface area contributed by atoms with E-state index in [2.05, 4.69) is 15.2 Å². The maximum Gasteiger partial charge on any atom is 0.287 e. The summed E-state index contributed by atoms with van der Waals surface area (Å²) >= 11 is 5.85. The van der Waals surface area contributed by atoms with E-state index in [1.165, 1.54) is 12.3 Å². The lowest BCUT2D eigenvalue weighted by atomic mass is 10.2. The minimum absolute atomic E-state index is 0.00190. The van der Waals surface area contributed by atoms with Crippen LogP contribution in [-0.2, 0) is 0 Å². The molecule has 1 aliphatic rings. The smallest absolute Gasteiger partial charge is 0.287 e. The predicted molar refractivity (Wildman–Crippen MR) is 96.3 cm³/mol. The van der Waals surface area contributed by atoms with E-state index in [4.69, 9.17) is 16.3 Å². The van der Waals surface area contributed by atoms with E-state index in [-0.39, 0.29) is 11.7 Å². The number of hydrogen-bond donors (Lipinski definition) is 1. The van der Waals surface area contributed by atoms with Gasteiger partial charge in [0.2, 0.25) is 0 Å². The summed E-state index contributed by atoms with van der Waals surface area (Å²) in [4.78, 5) is 16.6. The summed E-state index contributed by atoms with van der Waals surface area (Å²) in [5.74, 6) is 1.48. The quantitative estimate of drug-likeness (QED) is 0.601. The molecule has 0 aliphatic carbocycles. The largest absolute Gasteiger partial charge is 0.492 e. The summed E-state index contributed by atoms with van der Waals surface area (Å²) in [6.07, 6.45) is 2.27. The van der Waals surface area contributed by atoms with Crippen molar-refractivity contribution in [2.75, 3.05) is 31.6 Å². The van der Waals surface area contributed by atoms with E-state index in [1.54, 1.807) is 6.07 Å². The molecule has 1 aliphatic heterocycles. The summed E-state index contributed by atoms with van der Waals surface area (Å²) < 4.78 is 5.72. The zero-order valence-electron chi connectivity index (χ0n) is 13.6. The second-order valence-corrected chi connectivity index (χ2v) is 6.33. The molecule has 1 atom stereocenters. The molecule has 2 heterocycles. The lowest BCUT2D eigenvalue weighted by Crippen LogP contribution is -2.29. The molecular formula is C17H19ClN4O3. The molecule has 3 rings (SSSR count). The molecule has 1 aromatic carbocycles. The SMILES string of the molecule is O=[N+]([O-])c1ccc(NC2CCN(CCOc3ccc(Cl)cc3)C2)nc1. The van der Waals surface area contributed by atoms with Gasteiger partial charge in [0.1, 0.15) is 24.4 Å². The van der Waals surface area contributed by atoms with Gasteiger partial charge in [-0.15, -0.1) is 0 Å². The van der Waals surface area contributed by atoms with E-state index in [1.807, 2.05) is 24.3 Å². The minimum atomic E-state index is -0.450. The van der Waals surface area contributed by atoms with Crippen LogP contribution in [0.4, 0.5) is 11.5 Å². The van der Waals surface area contributed by atoms with Crippen LogP contribution in [0, 0.1) is 10.1 Å². The van der Waals surface area contributed by atoms with Crippen molar-refractivity contribution in [1.82, 2.24) is 9.88 Å². The van der Waals surface area contributed by atoms with E-state index in [0.717, 1.165) is 31.8 Å². The van der Waals surface area contributed by atoms with Crippen LogP contribution < -0.4 is 10.1 Å². The highest BCUT2D eigenvalue weighted by Gasteiger charge is 2.22. The number of nitro groups is 1. The average molecular weight is 363 g/mol. The highest BCUT2D eigenvalue weighted by atomic mass is 35.5. The van der Waals surface area contributed by atoms with E-state index >= 15 is 0 Å². The number of anilines is 1. The molecular weight excluding hydrogens is 344 g/mol. The van der Waals surface area contributed by atoms with Crippen LogP contribution in [0.1, 0.15) is 6.42 Å². The lowest BCUT2D eigenvalue weighted by Gasteiger charge is -2.17. The average Bonchev–Trinajstić information content (AvgIpc) is 3.04. The van der Waals surface area contributed by atoms with Crippen LogP contribution >= 0.6 is 11.6 Å². The zero-order valence-corrected chi connectivity index (χ0v) is 14.4. The van der Waals surface area contributed by atoms with Gasteiger partial charge in [-0.25, -0.2) is 4.98 Å². The van der Waals surface area contributed by atoms with Crippen LogP contribution in [0.5, 0.6) is 5.75 Å². The Morgan fingerprint density at radius 1 is 1.32 bits per heavy atom. The van der Waals surface area contributed by atoms with Gasteiger partial charge >= 0.3 is 0 Å². The molecule has 1 unspecified atom stereocenters. The topological polar surface area (TPSA) is 80.5 Å². The van der Waals surface area contributed by atoms with Gasteiger partial charge in [0, 0.05) is 36.8 Å². The standard InChI is InChI=1S/C17H19ClN4O3/c18-13-1-4-16(5-2-13)25-10-9-21-8-7-14(12-21)20-17-6-3-15(11-19-17)22(23)24/h1-6,11,14H,7-10,12H2,(H,19,20). The van der Waals surface area contributed by atoms with Gasteiger partial charge in [-0.1, -0.05) is 11.6 Å². The Morgan fingerprint density at radius 3 is 2.80 bits per heavy atom. The maximum absolute atomic E-state index is 10.6. The normalized spacial score (nSPS) is 17.4. The fourth-order valence-corrected chi connectivity index (χ4v) is 2.89. The van der Waals surface area contributed by atoms with Crippen LogP contribution in [0.15, 0.2) is 42.6 Å². The van der Waals surface area contributed by atoms with Crippen LogP contribution in [-0.4, -0.2) is 47.1 Å². The first kappa shape index (κ1) is 17.4. The second-order valence-electron chi connectivity index (χ2n) is 5.89. The Hall–Kier alpha value is -2.38. The summed E-state index contributed by atoms with van der Waals surface area (Å²) in [5.41, 5.74) is -0.00190. The van der Waals surface area contributed by atoms with Gasteiger partial charge in [0.25, 0.3) is 5.69 Å². The minimum Gasteiger partial charge on any atom is -0.492 e. The van der Waals surface area contributed by atoms with Crippen LogP contribution in [0.2, 0.25) is 5.02 Å². The maximum atomic E-state index is 10.6. The van der Waals surface area contributed by atoms with Crippen molar-refractivity contribution in [2.24, 2.45) is 0 Å². The first-order valence-electron chi connectivity index (χ1n) is 8.08. The molecule has 1 N–H and O–H groups in total. The highest BCUT2D eigenvalue weighted by Crippen LogP contribution is 2.18. The lowest BCUT2D eigenvalue weighted by molar-refractivity contribution is -0.385. The number of nitrogens with one attached hydrogen (secondary N) is 1. The molecule has 25 heavy (non-hydrogen) atoms. The number of ether oxygens (including phenoxy) is 1. The second kappa shape index (κ2) is 8.13. The monoisotopic (exact) mass is 362 g/mol. The molecule has 1 saturated heterocycles. The summed E-state index contributed by atoms with van der Waals surface area (Å²) in [6.45, 7) is 3.33. The van der Waals surface area contributed by atoms with E-state index < -0.39 is 4.92 Å². The number of benzene rings is 1. The van der Waals surface area contributed by atoms with Crippen molar-refractivity contribution in [3.05, 3.63) is 57.7 Å². The van der Waals surface area contributed by atoms with Crippen molar-refractivity contribution in [2.45, 2.75) is 12.5 Å². The number of halogens is 1. The predicted octanol–water partition coefficient (Wildman–Crippen LogP) is 3.21. The number of rotatable bonds is 7. The van der Waals surface area contributed by atoms with Crippen LogP contribution in [0.25, 0.3) is 0 Å². The molecule has 1 fully saturated rings. The first-order valence-corrected chi connectivity index (χ1v) is 8.45. The van der Waals surface area contributed by atoms with Crippen molar-refractivity contribution in [3.63, 3.8) is 0 Å². The van der Waals surface area contributed by atoms with Gasteiger partial charge in [-0.2, -0.15) is 0 Å². The Bertz CT molecular complexity index is 709. The summed E-state index contributed by atoms with van der Waals surface area (Å²) in [5, 5.41) is 14.7. The molecule has 1 aromatic heterocycles. The number of hydrogen-bond acceptors (Lipinski definition) is 6. The molecule has 0 saturated carbocycles. The van der Waals surface area contributed by atoms with Crippen LogP contribution in [0.3, 0.4) is 0 Å². The van der Waals surface area contributed by atoms with Crippen molar-refractivity contribution >= 4 is 23.1 Å². The number of nitrogens with zero attached hydrogens (tertiary/aromatic N) is 3. The fourth-order valence-electron chi connectivity index (χ4n) is 2.77. The Kier molecular flexibility index (Phi) is 5.67. The van der Waals surface area contributed by atoms with Gasteiger partial charge in [0.05, 0.1) is 4.92 Å². The van der Waals surface area contributed by atoms with E-state index in [0.29, 0.717) is 17.4 Å². The van der Waals surface area contributed by atoms with Crippen molar-refractivity contribution in [1.29, 1.82) is 0 Å². The van der Waals surface area contributed by atoms with Gasteiger partial charge < -0.3 is 10.1 Å². The van der Waals surface area contributed by atoms with Gasteiger partial charge in [-0.05, 0) is 36.8 Å². The van der Waals surface area contributed by atoms with E-state index in [9.17, 15) is 10.1 Å².